The van der Waals surface area contributed by atoms with Crippen molar-refractivity contribution in [2.75, 3.05) is 0 Å². The number of aliphatic hydroxyl groups is 1. The van der Waals surface area contributed by atoms with Gasteiger partial charge in [-0.2, -0.15) is 0 Å². The maximum Gasteiger partial charge on any atom is -1.00 e. The summed E-state index contributed by atoms with van der Waals surface area (Å²) in [5.74, 6) is -0.260. The third kappa shape index (κ3) is 5.42. The van der Waals surface area contributed by atoms with Crippen LogP contribution in [-0.2, 0) is 20.3 Å². The predicted molar refractivity (Wildman–Crippen MR) is 58.9 cm³/mol. The van der Waals surface area contributed by atoms with Crippen LogP contribution in [0, 0.1) is 6.92 Å². The molecule has 0 spiro atoms. The van der Waals surface area contributed by atoms with Crippen LogP contribution in [0.3, 0.4) is 0 Å². The summed E-state index contributed by atoms with van der Waals surface area (Å²) in [6, 6.07) is 0. The molecule has 96 valence electrons. The minimum Gasteiger partial charge on any atom is -1.00 e. The molecule has 0 fully saturated rings. The Kier molecular flexibility index (Phi) is 11.3. The third-order valence-corrected chi connectivity index (χ3v) is 2.18. The van der Waals surface area contributed by atoms with Gasteiger partial charge in [0.15, 0.2) is 11.9 Å². The third-order valence-electron chi connectivity index (χ3n) is 2.18. The van der Waals surface area contributed by atoms with Gasteiger partial charge in [-0.1, -0.05) is 5.56 Å². The topological polar surface area (TPSA) is 70.2 Å². The first-order valence-corrected chi connectivity index (χ1v) is 10.7. The van der Waals surface area contributed by atoms with Crippen LogP contribution in [0.25, 0.3) is 0 Å². The van der Waals surface area contributed by atoms with Crippen molar-refractivity contribution < 1.29 is 32.3 Å². The van der Waals surface area contributed by atoms with Gasteiger partial charge >= 0.3 is 31.0 Å². The summed E-state index contributed by atoms with van der Waals surface area (Å²) in [6.07, 6.45) is 1.62. The van der Waals surface area contributed by atoms with Crippen molar-refractivity contribution in [3.05, 3.63) is 23.0 Å². The number of aliphatic hydroxyl groups excluding tert-OH is 1. The second-order valence-electron chi connectivity index (χ2n) is 3.46. The fraction of sp³-hybridized carbons (Fsp3) is 0.545. The molecule has 0 aromatic carbocycles. The number of aromatic nitrogens is 1. The first kappa shape index (κ1) is 19.3. The molecule has 0 saturated carbocycles. The van der Waals surface area contributed by atoms with Crippen molar-refractivity contribution in [1.82, 2.24) is 0 Å². The number of hydrogen-bond donors (Lipinski definition) is 1. The van der Waals surface area contributed by atoms with E-state index < -0.39 is 6.61 Å². The second kappa shape index (κ2) is 9.94. The van der Waals surface area contributed by atoms with E-state index in [2.05, 4.69) is 9.88 Å². The molecule has 0 amide bonds. The van der Waals surface area contributed by atoms with Crippen LogP contribution in [-0.4, -0.2) is 26.2 Å². The number of hydrogen-bond acceptors (Lipinski definition) is 3. The summed E-state index contributed by atoms with van der Waals surface area (Å²) in [7, 11) is 1.71. The Bertz CT molecular complexity index is 348. The van der Waals surface area contributed by atoms with Gasteiger partial charge in [-0.25, -0.2) is 4.57 Å². The van der Waals surface area contributed by atoms with Crippen LogP contribution in [0.4, 0.5) is 0 Å². The van der Waals surface area contributed by atoms with Crippen LogP contribution in [0.1, 0.15) is 16.8 Å². The largest absolute Gasteiger partial charge is 1.00 e. The van der Waals surface area contributed by atoms with E-state index in [1.54, 1.807) is 24.7 Å². The van der Waals surface area contributed by atoms with Crippen LogP contribution < -0.4 is 27.2 Å². The van der Waals surface area contributed by atoms with E-state index in [1.807, 2.05) is 0 Å². The van der Waals surface area contributed by atoms with Crippen molar-refractivity contribution in [1.29, 1.82) is 0 Å². The molecule has 4 nitrogen and oxygen atoms in total. The average Bonchev–Trinajstić information content (AvgIpc) is 2.26. The van der Waals surface area contributed by atoms with Crippen LogP contribution >= 0.6 is 0 Å². The van der Waals surface area contributed by atoms with Gasteiger partial charge in [0.1, 0.15) is 7.05 Å². The standard InChI is InChI=1S/C9H13NO3.2CH3.ClH.Sn/c1-6-9(13)8(5-12)7(4-11)3-10(6)2;;;;/h3,11,13H,4-5H2,1-2H3;2*1H3;1H;/q;;;;+2/p-2. The maximum atomic E-state index is 11.5. The summed E-state index contributed by atoms with van der Waals surface area (Å²) in [6.45, 7) is 0.819. The minimum absolute atomic E-state index is 0. The molecule has 0 unspecified atom stereocenters. The smallest absolute Gasteiger partial charge is 1.00 e. The van der Waals surface area contributed by atoms with Crippen LogP contribution in [0.15, 0.2) is 6.20 Å². The van der Waals surface area contributed by atoms with Crippen LogP contribution in [0.5, 0.6) is 5.75 Å². The van der Waals surface area contributed by atoms with Crippen molar-refractivity contribution in [2.45, 2.75) is 30.0 Å². The number of rotatable bonds is 2. The van der Waals surface area contributed by atoms with E-state index in [0.717, 1.165) is 0 Å². The van der Waals surface area contributed by atoms with Crippen molar-refractivity contribution in [3.8, 4) is 5.75 Å². The molecule has 0 bridgehead atoms. The summed E-state index contributed by atoms with van der Waals surface area (Å²) in [5, 5.41) is 31.0. The Morgan fingerprint density at radius 1 is 1.41 bits per heavy atom. The van der Waals surface area contributed by atoms with Gasteiger partial charge in [-0.15, -0.1) is 6.61 Å². The zero-order valence-corrected chi connectivity index (χ0v) is 14.2. The normalized spacial score (nSPS) is 8.59. The summed E-state index contributed by atoms with van der Waals surface area (Å²) in [5.41, 5.74) is 1.12. The monoisotopic (exact) mass is 367 g/mol. The SMILES string of the molecule is Cc1c([O-])c(C[O-])c(CO)c[n+]1C.[CH3][Sn+2][CH3].[Cl-]. The average molecular weight is 366 g/mol. The molecule has 17 heavy (non-hydrogen) atoms. The minimum atomic E-state index is -0.573. The molecular weight excluding hydrogens is 348 g/mol. The number of pyridine rings is 1. The number of aryl methyl sites for hydroxylation is 1. The molecule has 0 aliphatic rings. The van der Waals surface area contributed by atoms with Gasteiger partial charge < -0.3 is 27.7 Å². The van der Waals surface area contributed by atoms with Gasteiger partial charge in [-0.05, 0) is 5.75 Å². The predicted octanol–water partition coefficient (Wildman–Crippen LogP) is -3.96. The Morgan fingerprint density at radius 3 is 2.24 bits per heavy atom. The molecule has 0 radical (unpaired) electrons. The van der Waals surface area contributed by atoms with E-state index in [4.69, 9.17) is 5.11 Å². The van der Waals surface area contributed by atoms with Crippen molar-refractivity contribution in [2.24, 2.45) is 7.05 Å². The molecular formula is C11H18ClNO3Sn. The molecule has 1 heterocycles. The second-order valence-corrected chi connectivity index (χ2v) is 6.31. The van der Waals surface area contributed by atoms with E-state index in [1.165, 1.54) is 0 Å². The van der Waals surface area contributed by atoms with Gasteiger partial charge in [-0.3, -0.25) is 0 Å². The molecule has 6 heteroatoms. The number of nitrogens with zero attached hydrogens (tertiary/aromatic N) is 1. The summed E-state index contributed by atoms with van der Waals surface area (Å²) in [4.78, 5) is 4.59. The van der Waals surface area contributed by atoms with E-state index in [0.29, 0.717) is 11.3 Å². The first-order chi connectivity index (χ1) is 7.53. The quantitative estimate of drug-likeness (QED) is 0.429. The maximum absolute atomic E-state index is 11.5. The van der Waals surface area contributed by atoms with E-state index >= 15 is 0 Å². The van der Waals surface area contributed by atoms with E-state index in [9.17, 15) is 10.2 Å². The van der Waals surface area contributed by atoms with Gasteiger partial charge in [0.2, 0.25) is 0 Å². The van der Waals surface area contributed by atoms with E-state index in [-0.39, 0.29) is 51.5 Å². The molecule has 1 aromatic heterocycles. The Labute approximate surface area is 119 Å². The zero-order valence-electron chi connectivity index (χ0n) is 10.6. The van der Waals surface area contributed by atoms with Crippen molar-refractivity contribution in [3.63, 3.8) is 0 Å². The molecule has 1 N–H and O–H groups in total. The molecule has 0 aliphatic carbocycles. The van der Waals surface area contributed by atoms with Gasteiger partial charge in [0.05, 0.1) is 6.61 Å². The summed E-state index contributed by atoms with van der Waals surface area (Å²) < 4.78 is 1.62. The van der Waals surface area contributed by atoms with Gasteiger partial charge in [0, 0.05) is 12.5 Å². The van der Waals surface area contributed by atoms with Crippen LogP contribution in [0.2, 0.25) is 9.88 Å². The molecule has 1 rings (SSSR count). The molecule has 1 aromatic rings. The Balaban J connectivity index is 0. The molecule has 0 saturated heterocycles. The fourth-order valence-electron chi connectivity index (χ4n) is 1.23. The summed E-state index contributed by atoms with van der Waals surface area (Å²) >= 11 is 0.230. The number of halogens is 1. The Hall–Kier alpha value is -0.0413. The fourth-order valence-corrected chi connectivity index (χ4v) is 1.23. The van der Waals surface area contributed by atoms with Gasteiger partial charge in [0.25, 0.3) is 0 Å². The molecule has 0 aliphatic heterocycles. The van der Waals surface area contributed by atoms with Crippen molar-refractivity contribution >= 4 is 21.1 Å². The Morgan fingerprint density at radius 2 is 1.88 bits per heavy atom. The zero-order chi connectivity index (χ0) is 12.7. The first-order valence-electron chi connectivity index (χ1n) is 4.98. The molecule has 0 atom stereocenters.